The molecule has 86 valence electrons. The van der Waals surface area contributed by atoms with Crippen LogP contribution >= 0.6 is 0 Å². The van der Waals surface area contributed by atoms with Crippen molar-refractivity contribution in [1.29, 1.82) is 0 Å². The van der Waals surface area contributed by atoms with Gasteiger partial charge in [0.05, 0.1) is 11.4 Å². The maximum absolute atomic E-state index is 5.84. The van der Waals surface area contributed by atoms with Crippen LogP contribution in [0, 0.1) is 0 Å². The van der Waals surface area contributed by atoms with Gasteiger partial charge in [-0.25, -0.2) is 0 Å². The van der Waals surface area contributed by atoms with Gasteiger partial charge in [-0.05, 0) is 30.3 Å². The molecule has 1 aliphatic heterocycles. The molecule has 0 bridgehead atoms. The van der Waals surface area contributed by atoms with Crippen molar-refractivity contribution in [3.8, 4) is 0 Å². The number of benzene rings is 2. The fraction of sp³-hybridized carbons (Fsp3) is 0.143. The lowest BCUT2D eigenvalue weighted by atomic mass is 10.1. The first-order chi connectivity index (χ1) is 8.34. The molecule has 0 aliphatic carbocycles. The molecule has 1 heterocycles. The Morgan fingerprint density at radius 3 is 2.82 bits per heavy atom. The maximum Gasteiger partial charge on any atom is 0.0647 e. The van der Waals surface area contributed by atoms with Crippen LogP contribution in [0.25, 0.3) is 0 Å². The Hall–Kier alpha value is -2.16. The van der Waals surface area contributed by atoms with Gasteiger partial charge in [-0.15, -0.1) is 0 Å². The Morgan fingerprint density at radius 1 is 1.06 bits per heavy atom. The largest absolute Gasteiger partial charge is 0.399 e. The quantitative estimate of drug-likeness (QED) is 0.733. The SMILES string of the molecule is Nc1cccc(N2CCNc3ccccc32)c1. The van der Waals surface area contributed by atoms with E-state index >= 15 is 0 Å². The number of nitrogens with one attached hydrogen (secondary N) is 1. The van der Waals surface area contributed by atoms with E-state index in [-0.39, 0.29) is 0 Å². The van der Waals surface area contributed by atoms with E-state index in [1.165, 1.54) is 11.4 Å². The molecular weight excluding hydrogens is 210 g/mol. The summed E-state index contributed by atoms with van der Waals surface area (Å²) < 4.78 is 0. The molecule has 3 N–H and O–H groups in total. The van der Waals surface area contributed by atoms with Crippen molar-refractivity contribution in [3.63, 3.8) is 0 Å². The summed E-state index contributed by atoms with van der Waals surface area (Å²) >= 11 is 0. The molecule has 0 amide bonds. The molecule has 3 heteroatoms. The molecule has 1 aliphatic rings. The predicted molar refractivity (Wildman–Crippen MR) is 72.8 cm³/mol. The third-order valence-electron chi connectivity index (χ3n) is 3.03. The predicted octanol–water partition coefficient (Wildman–Crippen LogP) is 2.83. The van der Waals surface area contributed by atoms with Gasteiger partial charge in [-0.2, -0.15) is 0 Å². The van der Waals surface area contributed by atoms with Gasteiger partial charge in [-0.3, -0.25) is 0 Å². The molecule has 0 fully saturated rings. The molecule has 3 rings (SSSR count). The van der Waals surface area contributed by atoms with Gasteiger partial charge >= 0.3 is 0 Å². The molecular formula is C14H15N3. The highest BCUT2D eigenvalue weighted by molar-refractivity contribution is 5.79. The number of anilines is 4. The van der Waals surface area contributed by atoms with Crippen LogP contribution in [0.2, 0.25) is 0 Å². The Morgan fingerprint density at radius 2 is 1.94 bits per heavy atom. The van der Waals surface area contributed by atoms with Crippen molar-refractivity contribution < 1.29 is 0 Å². The summed E-state index contributed by atoms with van der Waals surface area (Å²) in [5.41, 5.74) is 10.2. The summed E-state index contributed by atoms with van der Waals surface area (Å²) in [7, 11) is 0. The van der Waals surface area contributed by atoms with Crippen LogP contribution in [0.5, 0.6) is 0 Å². The van der Waals surface area contributed by atoms with Gasteiger partial charge < -0.3 is 16.0 Å². The fourth-order valence-corrected chi connectivity index (χ4v) is 2.24. The van der Waals surface area contributed by atoms with Gasteiger partial charge in [0.2, 0.25) is 0 Å². The van der Waals surface area contributed by atoms with Crippen LogP contribution in [0.1, 0.15) is 0 Å². The second-order valence-electron chi connectivity index (χ2n) is 4.19. The number of nitrogen functional groups attached to an aromatic ring is 1. The first-order valence-electron chi connectivity index (χ1n) is 5.80. The molecule has 0 radical (unpaired) electrons. The van der Waals surface area contributed by atoms with Crippen LogP contribution in [0.15, 0.2) is 48.5 Å². The number of rotatable bonds is 1. The number of nitrogens with zero attached hydrogens (tertiary/aromatic N) is 1. The van der Waals surface area contributed by atoms with Gasteiger partial charge in [-0.1, -0.05) is 18.2 Å². The van der Waals surface area contributed by atoms with Crippen molar-refractivity contribution in [3.05, 3.63) is 48.5 Å². The standard InChI is InChI=1S/C14H15N3/c15-11-4-3-5-12(10-11)17-9-8-16-13-6-1-2-7-14(13)17/h1-7,10,16H,8-9,15H2. The van der Waals surface area contributed by atoms with Crippen molar-refractivity contribution in [2.75, 3.05) is 29.0 Å². The molecule has 0 aromatic heterocycles. The third-order valence-corrected chi connectivity index (χ3v) is 3.03. The average Bonchev–Trinajstić information content (AvgIpc) is 2.38. The molecule has 0 unspecified atom stereocenters. The lowest BCUT2D eigenvalue weighted by Crippen LogP contribution is -2.29. The van der Waals surface area contributed by atoms with Gasteiger partial charge in [0.1, 0.15) is 0 Å². The Labute approximate surface area is 101 Å². The summed E-state index contributed by atoms with van der Waals surface area (Å²) in [6.45, 7) is 1.91. The van der Waals surface area contributed by atoms with Crippen LogP contribution in [0.3, 0.4) is 0 Å². The second kappa shape index (κ2) is 4.01. The van der Waals surface area contributed by atoms with Gasteiger partial charge in [0.15, 0.2) is 0 Å². The molecule has 0 spiro atoms. The summed E-state index contributed by atoms with van der Waals surface area (Å²) in [5, 5.41) is 3.40. The summed E-state index contributed by atoms with van der Waals surface area (Å²) in [6, 6.07) is 16.4. The van der Waals surface area contributed by atoms with E-state index in [9.17, 15) is 0 Å². The van der Waals surface area contributed by atoms with E-state index in [4.69, 9.17) is 5.73 Å². The molecule has 3 nitrogen and oxygen atoms in total. The number of nitrogens with two attached hydrogens (primary N) is 1. The molecule has 17 heavy (non-hydrogen) atoms. The van der Waals surface area contributed by atoms with Crippen LogP contribution < -0.4 is 16.0 Å². The number of hydrogen-bond donors (Lipinski definition) is 2. The minimum atomic E-state index is 0.804. The van der Waals surface area contributed by atoms with E-state index in [1.807, 2.05) is 18.2 Å². The molecule has 2 aromatic rings. The minimum absolute atomic E-state index is 0.804. The highest BCUT2D eigenvalue weighted by Gasteiger charge is 2.16. The number of hydrogen-bond acceptors (Lipinski definition) is 3. The van der Waals surface area contributed by atoms with Gasteiger partial charge in [0, 0.05) is 24.5 Å². The molecule has 0 saturated heterocycles. The lowest BCUT2D eigenvalue weighted by Gasteiger charge is -2.32. The monoisotopic (exact) mass is 225 g/mol. The number of fused-ring (bicyclic) bond motifs is 1. The van der Waals surface area contributed by atoms with Crippen molar-refractivity contribution >= 4 is 22.7 Å². The fourth-order valence-electron chi connectivity index (χ4n) is 2.24. The maximum atomic E-state index is 5.84. The lowest BCUT2D eigenvalue weighted by molar-refractivity contribution is 0.927. The third kappa shape index (κ3) is 1.80. The normalized spacial score (nSPS) is 14.0. The average molecular weight is 225 g/mol. The number of para-hydroxylation sites is 2. The van der Waals surface area contributed by atoms with E-state index in [0.29, 0.717) is 0 Å². The topological polar surface area (TPSA) is 41.3 Å². The highest BCUT2D eigenvalue weighted by Crippen LogP contribution is 2.34. The molecule has 2 aromatic carbocycles. The van der Waals surface area contributed by atoms with Crippen LogP contribution in [0.4, 0.5) is 22.7 Å². The summed E-state index contributed by atoms with van der Waals surface area (Å²) in [6.07, 6.45) is 0. The Bertz CT molecular complexity index is 536. The van der Waals surface area contributed by atoms with Crippen molar-refractivity contribution in [2.45, 2.75) is 0 Å². The van der Waals surface area contributed by atoms with E-state index < -0.39 is 0 Å². The first-order valence-corrected chi connectivity index (χ1v) is 5.80. The summed E-state index contributed by atoms with van der Waals surface area (Å²) in [5.74, 6) is 0. The highest BCUT2D eigenvalue weighted by atomic mass is 15.2. The first kappa shape index (κ1) is 10.0. The Kier molecular flexibility index (Phi) is 2.37. The van der Waals surface area contributed by atoms with Crippen LogP contribution in [-0.2, 0) is 0 Å². The summed E-state index contributed by atoms with van der Waals surface area (Å²) in [4.78, 5) is 2.29. The second-order valence-corrected chi connectivity index (χ2v) is 4.19. The van der Waals surface area contributed by atoms with E-state index in [1.54, 1.807) is 0 Å². The van der Waals surface area contributed by atoms with E-state index in [0.717, 1.165) is 24.5 Å². The van der Waals surface area contributed by atoms with E-state index in [2.05, 4.69) is 40.5 Å². The zero-order valence-corrected chi connectivity index (χ0v) is 9.56. The van der Waals surface area contributed by atoms with Gasteiger partial charge in [0.25, 0.3) is 0 Å². The molecule has 0 saturated carbocycles. The molecule has 0 atom stereocenters. The smallest absolute Gasteiger partial charge is 0.0647 e. The van der Waals surface area contributed by atoms with Crippen molar-refractivity contribution in [1.82, 2.24) is 0 Å². The zero-order chi connectivity index (χ0) is 11.7. The van der Waals surface area contributed by atoms with Crippen LogP contribution in [-0.4, -0.2) is 13.1 Å². The zero-order valence-electron chi connectivity index (χ0n) is 9.56. The Balaban J connectivity index is 2.06. The van der Waals surface area contributed by atoms with Crippen molar-refractivity contribution in [2.24, 2.45) is 0 Å². The minimum Gasteiger partial charge on any atom is -0.399 e.